The lowest BCUT2D eigenvalue weighted by atomic mass is 10.1. The molecule has 0 saturated carbocycles. The molecular formula is C17H16BrF2NO3. The van der Waals surface area contributed by atoms with E-state index >= 15 is 0 Å². The summed E-state index contributed by atoms with van der Waals surface area (Å²) in [5.41, 5.74) is 1.28. The zero-order chi connectivity index (χ0) is 17.7. The molecule has 0 fully saturated rings. The van der Waals surface area contributed by atoms with Crippen LogP contribution in [0.4, 0.5) is 8.78 Å². The molecule has 0 unspecified atom stereocenters. The maximum Gasteiger partial charge on any atom is 0.387 e. The molecule has 2 aromatic rings. The van der Waals surface area contributed by atoms with Crippen molar-refractivity contribution in [2.45, 2.75) is 13.2 Å². The minimum Gasteiger partial charge on any atom is -0.493 e. The summed E-state index contributed by atoms with van der Waals surface area (Å²) >= 11 is 3.44. The van der Waals surface area contributed by atoms with Crippen molar-refractivity contribution in [3.8, 4) is 11.5 Å². The van der Waals surface area contributed by atoms with Gasteiger partial charge in [0.15, 0.2) is 11.5 Å². The van der Waals surface area contributed by atoms with Crippen LogP contribution in [0.25, 0.3) is 0 Å². The van der Waals surface area contributed by atoms with E-state index < -0.39 is 6.61 Å². The van der Waals surface area contributed by atoms with Crippen molar-refractivity contribution in [2.24, 2.45) is 0 Å². The number of ether oxygens (including phenoxy) is 2. The molecule has 0 aliphatic rings. The van der Waals surface area contributed by atoms with Gasteiger partial charge < -0.3 is 14.4 Å². The molecule has 24 heavy (non-hydrogen) atoms. The number of rotatable bonds is 6. The monoisotopic (exact) mass is 399 g/mol. The number of carbonyl (C=O) groups excluding carboxylic acids is 1. The fraction of sp³-hybridized carbons (Fsp3) is 0.235. The number of amides is 1. The van der Waals surface area contributed by atoms with Crippen LogP contribution >= 0.6 is 15.9 Å². The second-order valence-electron chi connectivity index (χ2n) is 5.00. The van der Waals surface area contributed by atoms with Gasteiger partial charge in [0.2, 0.25) is 0 Å². The van der Waals surface area contributed by atoms with Gasteiger partial charge >= 0.3 is 6.61 Å². The van der Waals surface area contributed by atoms with E-state index in [2.05, 4.69) is 20.7 Å². The summed E-state index contributed by atoms with van der Waals surface area (Å²) in [5, 5.41) is 0. The summed E-state index contributed by atoms with van der Waals surface area (Å²) in [4.78, 5) is 14.1. The lowest BCUT2D eigenvalue weighted by Gasteiger charge is -2.19. The number of hydrogen-bond acceptors (Lipinski definition) is 3. The molecule has 0 aliphatic heterocycles. The molecule has 1 amide bonds. The van der Waals surface area contributed by atoms with Crippen LogP contribution in [-0.2, 0) is 6.54 Å². The number of methoxy groups -OCH3 is 1. The van der Waals surface area contributed by atoms with E-state index in [4.69, 9.17) is 4.74 Å². The zero-order valence-corrected chi connectivity index (χ0v) is 14.7. The first-order chi connectivity index (χ1) is 11.4. The van der Waals surface area contributed by atoms with Gasteiger partial charge in [-0.15, -0.1) is 0 Å². The first-order valence-electron chi connectivity index (χ1n) is 7.04. The van der Waals surface area contributed by atoms with Gasteiger partial charge in [-0.05, 0) is 29.8 Å². The molecule has 2 rings (SSSR count). The van der Waals surface area contributed by atoms with Gasteiger partial charge in [0, 0.05) is 23.6 Å². The summed E-state index contributed by atoms with van der Waals surface area (Å²) in [6.07, 6.45) is 0. The standard InChI is InChI=1S/C17H16BrF2NO3/c1-21(10-12-5-3-4-6-13(12)18)16(22)11-7-8-14(24-17(19)20)15(9-11)23-2/h3-9,17H,10H2,1-2H3. The van der Waals surface area contributed by atoms with Crippen molar-refractivity contribution in [3.05, 3.63) is 58.1 Å². The number of carbonyl (C=O) groups is 1. The highest BCUT2D eigenvalue weighted by Crippen LogP contribution is 2.30. The Balaban J connectivity index is 2.18. The number of hydrogen-bond donors (Lipinski definition) is 0. The van der Waals surface area contributed by atoms with Crippen molar-refractivity contribution in [1.29, 1.82) is 0 Å². The topological polar surface area (TPSA) is 38.8 Å². The highest BCUT2D eigenvalue weighted by Gasteiger charge is 2.17. The average molecular weight is 400 g/mol. The summed E-state index contributed by atoms with van der Waals surface area (Å²) in [7, 11) is 2.99. The summed E-state index contributed by atoms with van der Waals surface area (Å²) < 4.78 is 35.0. The molecule has 0 atom stereocenters. The minimum atomic E-state index is -2.96. The molecule has 0 spiro atoms. The molecule has 0 heterocycles. The molecular weight excluding hydrogens is 384 g/mol. The molecule has 0 aliphatic carbocycles. The number of benzene rings is 2. The van der Waals surface area contributed by atoms with Crippen molar-refractivity contribution in [2.75, 3.05) is 14.2 Å². The van der Waals surface area contributed by atoms with E-state index in [1.807, 2.05) is 24.3 Å². The summed E-state index contributed by atoms with van der Waals surface area (Å²) in [6.45, 7) is -2.56. The van der Waals surface area contributed by atoms with Gasteiger partial charge in [-0.2, -0.15) is 8.78 Å². The van der Waals surface area contributed by atoms with Gasteiger partial charge in [0.1, 0.15) is 0 Å². The Morgan fingerprint density at radius 3 is 2.54 bits per heavy atom. The third-order valence-electron chi connectivity index (χ3n) is 3.34. The van der Waals surface area contributed by atoms with Crippen LogP contribution in [0, 0.1) is 0 Å². The fourth-order valence-electron chi connectivity index (χ4n) is 2.17. The minimum absolute atomic E-state index is 0.0791. The first kappa shape index (κ1) is 18.2. The molecule has 7 heteroatoms. The molecule has 0 bridgehead atoms. The lowest BCUT2D eigenvalue weighted by Crippen LogP contribution is -2.26. The predicted octanol–water partition coefficient (Wildman–Crippen LogP) is 4.33. The highest BCUT2D eigenvalue weighted by molar-refractivity contribution is 9.10. The Hall–Kier alpha value is -2.15. The SMILES string of the molecule is COc1cc(C(=O)N(C)Cc2ccccc2Br)ccc1OC(F)F. The van der Waals surface area contributed by atoms with Gasteiger partial charge in [0.05, 0.1) is 7.11 Å². The zero-order valence-electron chi connectivity index (χ0n) is 13.1. The largest absolute Gasteiger partial charge is 0.493 e. The maximum atomic E-state index is 12.5. The fourth-order valence-corrected chi connectivity index (χ4v) is 2.58. The van der Waals surface area contributed by atoms with Crippen LogP contribution in [0.1, 0.15) is 15.9 Å². The van der Waals surface area contributed by atoms with E-state index in [-0.39, 0.29) is 17.4 Å². The van der Waals surface area contributed by atoms with Crippen LogP contribution in [0.15, 0.2) is 46.9 Å². The number of nitrogens with zero attached hydrogens (tertiary/aromatic N) is 1. The Kier molecular flexibility index (Phi) is 6.14. The van der Waals surface area contributed by atoms with E-state index in [0.717, 1.165) is 10.0 Å². The second-order valence-corrected chi connectivity index (χ2v) is 5.85. The van der Waals surface area contributed by atoms with Crippen LogP contribution in [0.3, 0.4) is 0 Å². The first-order valence-corrected chi connectivity index (χ1v) is 7.83. The summed E-state index contributed by atoms with van der Waals surface area (Å²) in [6, 6.07) is 11.7. The maximum absolute atomic E-state index is 12.5. The normalized spacial score (nSPS) is 10.6. The number of halogens is 3. The quantitative estimate of drug-likeness (QED) is 0.725. The van der Waals surface area contributed by atoms with Crippen LogP contribution < -0.4 is 9.47 Å². The lowest BCUT2D eigenvalue weighted by molar-refractivity contribution is -0.0512. The molecule has 0 radical (unpaired) electrons. The summed E-state index contributed by atoms with van der Waals surface area (Å²) in [5.74, 6) is -0.291. The Morgan fingerprint density at radius 1 is 1.21 bits per heavy atom. The van der Waals surface area contributed by atoms with Crippen molar-refractivity contribution in [3.63, 3.8) is 0 Å². The van der Waals surface area contributed by atoms with E-state index in [0.29, 0.717) is 12.1 Å². The van der Waals surface area contributed by atoms with Gasteiger partial charge in [-0.25, -0.2) is 0 Å². The molecule has 0 N–H and O–H groups in total. The Bertz CT molecular complexity index is 725. The van der Waals surface area contributed by atoms with Gasteiger partial charge in [-0.1, -0.05) is 34.1 Å². The Labute approximate surface area is 147 Å². The molecule has 128 valence electrons. The Morgan fingerprint density at radius 2 is 1.92 bits per heavy atom. The molecule has 4 nitrogen and oxygen atoms in total. The highest BCUT2D eigenvalue weighted by atomic mass is 79.9. The van der Waals surface area contributed by atoms with Crippen LogP contribution in [-0.4, -0.2) is 31.6 Å². The van der Waals surface area contributed by atoms with Crippen molar-refractivity contribution < 1.29 is 23.0 Å². The van der Waals surface area contributed by atoms with Gasteiger partial charge in [0.25, 0.3) is 5.91 Å². The molecule has 2 aromatic carbocycles. The van der Waals surface area contributed by atoms with Crippen molar-refractivity contribution >= 4 is 21.8 Å². The third kappa shape index (κ3) is 4.44. The second kappa shape index (κ2) is 8.10. The molecule has 0 saturated heterocycles. The van der Waals surface area contributed by atoms with E-state index in [1.54, 1.807) is 7.05 Å². The molecule has 0 aromatic heterocycles. The average Bonchev–Trinajstić information content (AvgIpc) is 2.56. The van der Waals surface area contributed by atoms with E-state index in [9.17, 15) is 13.6 Å². The smallest absolute Gasteiger partial charge is 0.387 e. The van der Waals surface area contributed by atoms with Crippen LogP contribution in [0.2, 0.25) is 0 Å². The van der Waals surface area contributed by atoms with Gasteiger partial charge in [-0.3, -0.25) is 4.79 Å². The van der Waals surface area contributed by atoms with Crippen molar-refractivity contribution in [1.82, 2.24) is 4.90 Å². The van der Waals surface area contributed by atoms with Crippen LogP contribution in [0.5, 0.6) is 11.5 Å². The third-order valence-corrected chi connectivity index (χ3v) is 4.11. The number of alkyl halides is 2. The van der Waals surface area contributed by atoms with E-state index in [1.165, 1.54) is 30.2 Å². The predicted molar refractivity (Wildman–Crippen MR) is 89.6 cm³/mol.